The zero-order chi connectivity index (χ0) is 14.6. The van der Waals surface area contributed by atoms with Gasteiger partial charge in [-0.1, -0.05) is 42.5 Å². The average molecular weight is 272 g/mol. The van der Waals surface area contributed by atoms with Crippen LogP contribution in [0.1, 0.15) is 25.8 Å². The molecule has 1 heterocycles. The predicted molar refractivity (Wildman–Crippen MR) is 77.9 cm³/mol. The van der Waals surface area contributed by atoms with Crippen LogP contribution in [0, 0.1) is 0 Å². The van der Waals surface area contributed by atoms with Crippen LogP contribution in [0.15, 0.2) is 42.5 Å². The lowest BCUT2D eigenvalue weighted by Gasteiger charge is -2.40. The second-order valence-corrected chi connectivity index (χ2v) is 5.12. The van der Waals surface area contributed by atoms with Crippen LogP contribution in [0.3, 0.4) is 0 Å². The van der Waals surface area contributed by atoms with Crippen LogP contribution in [0.25, 0.3) is 0 Å². The van der Waals surface area contributed by atoms with Crippen molar-refractivity contribution in [1.29, 1.82) is 0 Å². The van der Waals surface area contributed by atoms with Crippen LogP contribution in [-0.4, -0.2) is 29.8 Å². The highest BCUT2D eigenvalue weighted by Gasteiger charge is 2.43. The topological polar surface area (TPSA) is 49.4 Å². The summed E-state index contributed by atoms with van der Waals surface area (Å²) in [6.07, 6.45) is 4.71. The summed E-state index contributed by atoms with van der Waals surface area (Å²) in [5.41, 5.74) is -0.152. The number of hydrogen-bond acceptors (Lipinski definition) is 2. The van der Waals surface area contributed by atoms with Gasteiger partial charge in [0.05, 0.1) is 6.54 Å². The lowest BCUT2D eigenvalue weighted by atomic mass is 9.88. The minimum atomic E-state index is -0.966. The first-order chi connectivity index (χ1) is 9.58. The van der Waals surface area contributed by atoms with Crippen molar-refractivity contribution in [3.05, 3.63) is 48.0 Å². The quantitative estimate of drug-likeness (QED) is 0.850. The molecule has 106 valence electrons. The van der Waals surface area contributed by atoms with E-state index in [1.165, 1.54) is 0 Å². The Morgan fingerprint density at radius 2 is 2.00 bits per heavy atom. The van der Waals surface area contributed by atoms with Crippen molar-refractivity contribution in [2.75, 3.05) is 13.1 Å². The van der Waals surface area contributed by atoms with E-state index in [-0.39, 0.29) is 18.4 Å². The first-order valence-electron chi connectivity index (χ1n) is 6.85. The number of amides is 2. The van der Waals surface area contributed by atoms with Gasteiger partial charge in [0.2, 0.25) is 5.91 Å². The van der Waals surface area contributed by atoms with E-state index in [4.69, 9.17) is 0 Å². The van der Waals surface area contributed by atoms with Gasteiger partial charge in [0.15, 0.2) is 0 Å². The Kier molecular flexibility index (Phi) is 4.23. The molecule has 1 aliphatic heterocycles. The van der Waals surface area contributed by atoms with E-state index in [1.54, 1.807) is 11.8 Å². The minimum absolute atomic E-state index is 0.0483. The number of allylic oxidation sites excluding steroid dienone is 1. The van der Waals surface area contributed by atoms with Gasteiger partial charge in [0, 0.05) is 6.54 Å². The number of benzene rings is 1. The highest BCUT2D eigenvalue weighted by molar-refractivity contribution is 5.98. The first-order valence-corrected chi connectivity index (χ1v) is 6.85. The predicted octanol–water partition coefficient (Wildman–Crippen LogP) is 1.83. The van der Waals surface area contributed by atoms with E-state index in [0.29, 0.717) is 6.54 Å². The van der Waals surface area contributed by atoms with Crippen molar-refractivity contribution < 1.29 is 9.59 Å². The maximum absolute atomic E-state index is 12.7. The molecular weight excluding hydrogens is 252 g/mol. The van der Waals surface area contributed by atoms with Crippen molar-refractivity contribution in [2.24, 2.45) is 0 Å². The van der Waals surface area contributed by atoms with E-state index < -0.39 is 5.54 Å². The Hall–Kier alpha value is -2.10. The molecule has 0 bridgehead atoms. The largest absolute Gasteiger partial charge is 0.337 e. The van der Waals surface area contributed by atoms with Crippen LogP contribution in [0.2, 0.25) is 0 Å². The molecule has 1 aromatic rings. The summed E-state index contributed by atoms with van der Waals surface area (Å²) in [4.78, 5) is 26.2. The van der Waals surface area contributed by atoms with Crippen LogP contribution >= 0.6 is 0 Å². The third-order valence-corrected chi connectivity index (χ3v) is 3.59. The van der Waals surface area contributed by atoms with Gasteiger partial charge in [-0.05, 0) is 25.8 Å². The molecule has 0 saturated carbocycles. The van der Waals surface area contributed by atoms with E-state index in [9.17, 15) is 9.59 Å². The Morgan fingerprint density at radius 1 is 1.30 bits per heavy atom. The van der Waals surface area contributed by atoms with E-state index in [2.05, 4.69) is 5.32 Å². The van der Waals surface area contributed by atoms with E-state index >= 15 is 0 Å². The Labute approximate surface area is 119 Å². The number of nitrogens with one attached hydrogen (secondary N) is 1. The monoisotopic (exact) mass is 272 g/mol. The molecule has 0 aliphatic carbocycles. The molecule has 1 unspecified atom stereocenters. The lowest BCUT2D eigenvalue weighted by Crippen LogP contribution is -2.63. The van der Waals surface area contributed by atoms with Crippen LogP contribution in [0.4, 0.5) is 0 Å². The molecule has 1 aliphatic rings. The van der Waals surface area contributed by atoms with Gasteiger partial charge in [-0.2, -0.15) is 0 Å². The summed E-state index contributed by atoms with van der Waals surface area (Å²) in [5.74, 6) is -0.163. The third-order valence-electron chi connectivity index (χ3n) is 3.59. The van der Waals surface area contributed by atoms with Crippen molar-refractivity contribution >= 4 is 11.8 Å². The highest BCUT2D eigenvalue weighted by Crippen LogP contribution is 2.26. The molecule has 0 aromatic heterocycles. The first kappa shape index (κ1) is 14.3. The second kappa shape index (κ2) is 5.90. The van der Waals surface area contributed by atoms with Crippen molar-refractivity contribution in [3.63, 3.8) is 0 Å². The molecule has 1 aromatic carbocycles. The van der Waals surface area contributed by atoms with Crippen molar-refractivity contribution in [1.82, 2.24) is 10.2 Å². The normalized spacial score (nSPS) is 23.2. The molecule has 1 N–H and O–H groups in total. The zero-order valence-electron chi connectivity index (χ0n) is 11.9. The number of carbonyl (C=O) groups is 2. The molecule has 0 spiro atoms. The van der Waals surface area contributed by atoms with Gasteiger partial charge in [-0.25, -0.2) is 0 Å². The maximum atomic E-state index is 12.7. The summed E-state index contributed by atoms with van der Waals surface area (Å²) in [7, 11) is 0. The van der Waals surface area contributed by atoms with Crippen molar-refractivity contribution in [3.8, 4) is 0 Å². The molecule has 2 amide bonds. The van der Waals surface area contributed by atoms with Gasteiger partial charge >= 0.3 is 0 Å². The van der Waals surface area contributed by atoms with E-state index in [1.807, 2.05) is 49.4 Å². The summed E-state index contributed by atoms with van der Waals surface area (Å²) in [5, 5.41) is 2.83. The fourth-order valence-corrected chi connectivity index (χ4v) is 2.48. The summed E-state index contributed by atoms with van der Waals surface area (Å²) < 4.78 is 0. The fourth-order valence-electron chi connectivity index (χ4n) is 2.48. The molecule has 1 atom stereocenters. The molecular formula is C16H20N2O2. The number of carbonyl (C=O) groups excluding carboxylic acids is 2. The van der Waals surface area contributed by atoms with Crippen LogP contribution in [0.5, 0.6) is 0 Å². The number of nitrogens with zero attached hydrogens (tertiary/aromatic N) is 1. The van der Waals surface area contributed by atoms with Gasteiger partial charge in [0.25, 0.3) is 5.91 Å². The highest BCUT2D eigenvalue weighted by atomic mass is 16.2. The summed E-state index contributed by atoms with van der Waals surface area (Å²) in [6, 6.07) is 9.38. The van der Waals surface area contributed by atoms with Gasteiger partial charge < -0.3 is 10.2 Å². The van der Waals surface area contributed by atoms with Gasteiger partial charge in [0.1, 0.15) is 5.54 Å². The Morgan fingerprint density at radius 3 is 2.65 bits per heavy atom. The fraction of sp³-hybridized carbons (Fsp3) is 0.375. The van der Waals surface area contributed by atoms with Gasteiger partial charge in [-0.15, -0.1) is 0 Å². The molecule has 0 radical (unpaired) electrons. The maximum Gasteiger partial charge on any atom is 0.253 e. The molecule has 20 heavy (non-hydrogen) atoms. The lowest BCUT2D eigenvalue weighted by molar-refractivity contribution is -0.149. The van der Waals surface area contributed by atoms with Gasteiger partial charge in [-0.3, -0.25) is 9.59 Å². The molecule has 2 rings (SSSR count). The zero-order valence-corrected chi connectivity index (χ0v) is 11.9. The van der Waals surface area contributed by atoms with Crippen LogP contribution < -0.4 is 5.32 Å². The standard InChI is InChI=1S/C16H20N2O2/c1-3-4-8-11-18-12-14(19)17-16(2,15(18)20)13-9-6-5-7-10-13/h3-7,9-10H,8,11-12H2,1-2H3,(H,17,19)/b4-3+. The Balaban J connectivity index is 2.24. The average Bonchev–Trinajstić information content (AvgIpc) is 2.45. The summed E-state index contributed by atoms with van der Waals surface area (Å²) >= 11 is 0. The van der Waals surface area contributed by atoms with E-state index in [0.717, 1.165) is 12.0 Å². The minimum Gasteiger partial charge on any atom is -0.337 e. The molecule has 1 fully saturated rings. The number of hydrogen-bond donors (Lipinski definition) is 1. The van der Waals surface area contributed by atoms with Crippen LogP contribution in [-0.2, 0) is 15.1 Å². The number of piperazine rings is 1. The molecule has 1 saturated heterocycles. The molecule has 4 heteroatoms. The summed E-state index contributed by atoms with van der Waals surface area (Å²) in [6.45, 7) is 4.42. The van der Waals surface area contributed by atoms with Crippen molar-refractivity contribution in [2.45, 2.75) is 25.8 Å². The number of rotatable bonds is 4. The molecule has 4 nitrogen and oxygen atoms in total. The second-order valence-electron chi connectivity index (χ2n) is 5.12. The third kappa shape index (κ3) is 2.74. The smallest absolute Gasteiger partial charge is 0.253 e. The SMILES string of the molecule is C/C=C/CCN1CC(=O)NC(C)(c2ccccc2)C1=O. The Bertz CT molecular complexity index is 525.